The molecule has 1 aliphatic heterocycles. The predicted molar refractivity (Wildman–Crippen MR) is 95.1 cm³/mol. The summed E-state index contributed by atoms with van der Waals surface area (Å²) in [5.74, 6) is 2.05. The third-order valence-corrected chi connectivity index (χ3v) is 4.38. The third kappa shape index (κ3) is 2.61. The summed E-state index contributed by atoms with van der Waals surface area (Å²) in [5.41, 5.74) is 1.92. The number of fused-ring (bicyclic) bond motifs is 2. The molecular weight excluding hydrogens is 342 g/mol. The largest absolute Gasteiger partial charge is 0.489 e. The summed E-state index contributed by atoms with van der Waals surface area (Å²) < 4.78 is 18.6. The molecule has 2 aromatic carbocycles. The van der Waals surface area contributed by atoms with Crippen LogP contribution < -0.4 is 14.2 Å². The van der Waals surface area contributed by atoms with Crippen molar-refractivity contribution in [1.82, 2.24) is 4.57 Å². The standard InChI is InChI=1S/C19H16ClNO4/c1-21-14-10-16-15(24-11-25-16)9-13(14)19(23-8-7-20)17(21)18(22)12-5-3-2-4-6-12/h2-6,9-10H,7-8,11H2,1H3. The molecule has 1 aromatic heterocycles. The van der Waals surface area contributed by atoms with Gasteiger partial charge >= 0.3 is 0 Å². The van der Waals surface area contributed by atoms with E-state index >= 15 is 0 Å². The lowest BCUT2D eigenvalue weighted by Crippen LogP contribution is -2.10. The Bertz CT molecular complexity index is 949. The Labute approximate surface area is 149 Å². The lowest BCUT2D eigenvalue weighted by molar-refractivity contribution is 0.102. The monoisotopic (exact) mass is 357 g/mol. The Morgan fingerprint density at radius 2 is 1.92 bits per heavy atom. The van der Waals surface area contributed by atoms with Crippen molar-refractivity contribution >= 4 is 28.3 Å². The molecule has 0 atom stereocenters. The minimum atomic E-state index is -0.106. The van der Waals surface area contributed by atoms with Crippen LogP contribution in [0.2, 0.25) is 0 Å². The molecular formula is C19H16ClNO4. The summed E-state index contributed by atoms with van der Waals surface area (Å²) >= 11 is 5.79. The molecule has 0 saturated carbocycles. The Hall–Kier alpha value is -2.66. The molecule has 0 aliphatic carbocycles. The van der Waals surface area contributed by atoms with Gasteiger partial charge in [-0.05, 0) is 6.07 Å². The molecule has 128 valence electrons. The summed E-state index contributed by atoms with van der Waals surface area (Å²) in [6.45, 7) is 0.503. The van der Waals surface area contributed by atoms with E-state index in [4.69, 9.17) is 25.8 Å². The van der Waals surface area contributed by atoms with Crippen molar-refractivity contribution in [3.8, 4) is 17.2 Å². The summed E-state index contributed by atoms with van der Waals surface area (Å²) in [4.78, 5) is 13.1. The molecule has 0 radical (unpaired) electrons. The maximum absolute atomic E-state index is 13.1. The van der Waals surface area contributed by atoms with Gasteiger partial charge in [-0.25, -0.2) is 0 Å². The second kappa shape index (κ2) is 6.33. The lowest BCUT2D eigenvalue weighted by atomic mass is 10.1. The number of ketones is 1. The highest BCUT2D eigenvalue weighted by molar-refractivity contribution is 6.18. The smallest absolute Gasteiger partial charge is 0.231 e. The minimum absolute atomic E-state index is 0.106. The van der Waals surface area contributed by atoms with E-state index in [-0.39, 0.29) is 12.6 Å². The highest BCUT2D eigenvalue weighted by atomic mass is 35.5. The minimum Gasteiger partial charge on any atom is -0.489 e. The van der Waals surface area contributed by atoms with E-state index in [2.05, 4.69) is 0 Å². The van der Waals surface area contributed by atoms with Gasteiger partial charge in [0.2, 0.25) is 12.6 Å². The molecule has 2 heterocycles. The Kier molecular flexibility index (Phi) is 4.01. The third-order valence-electron chi connectivity index (χ3n) is 4.22. The number of nitrogens with zero attached hydrogens (tertiary/aromatic N) is 1. The van der Waals surface area contributed by atoms with Crippen molar-refractivity contribution in [3.05, 3.63) is 53.7 Å². The van der Waals surface area contributed by atoms with Crippen LogP contribution in [0.1, 0.15) is 16.1 Å². The second-order valence-electron chi connectivity index (χ2n) is 5.69. The number of hydrogen-bond donors (Lipinski definition) is 0. The van der Waals surface area contributed by atoms with Crippen molar-refractivity contribution in [3.63, 3.8) is 0 Å². The van der Waals surface area contributed by atoms with E-state index in [0.717, 1.165) is 10.9 Å². The van der Waals surface area contributed by atoms with Crippen LogP contribution >= 0.6 is 11.6 Å². The first-order valence-electron chi connectivity index (χ1n) is 7.91. The molecule has 5 nitrogen and oxygen atoms in total. The van der Waals surface area contributed by atoms with Gasteiger partial charge in [-0.3, -0.25) is 4.79 Å². The van der Waals surface area contributed by atoms with Crippen LogP contribution in [0.5, 0.6) is 17.2 Å². The number of aromatic nitrogens is 1. The number of hydrogen-bond acceptors (Lipinski definition) is 4. The van der Waals surface area contributed by atoms with Crippen LogP contribution in [0.3, 0.4) is 0 Å². The van der Waals surface area contributed by atoms with E-state index in [0.29, 0.717) is 41.0 Å². The molecule has 0 unspecified atom stereocenters. The number of halogens is 1. The average molecular weight is 358 g/mol. The molecule has 0 bridgehead atoms. The van der Waals surface area contributed by atoms with Crippen molar-refractivity contribution in [2.24, 2.45) is 7.05 Å². The van der Waals surface area contributed by atoms with Crippen molar-refractivity contribution in [2.45, 2.75) is 0 Å². The fourth-order valence-electron chi connectivity index (χ4n) is 3.06. The van der Waals surface area contributed by atoms with E-state index in [1.165, 1.54) is 0 Å². The molecule has 0 N–H and O–H groups in total. The van der Waals surface area contributed by atoms with Gasteiger partial charge in [0.25, 0.3) is 0 Å². The molecule has 25 heavy (non-hydrogen) atoms. The zero-order chi connectivity index (χ0) is 17.4. The number of ether oxygens (including phenoxy) is 3. The lowest BCUT2D eigenvalue weighted by Gasteiger charge is -2.08. The van der Waals surface area contributed by atoms with Gasteiger partial charge in [-0.15, -0.1) is 11.6 Å². The van der Waals surface area contributed by atoms with Gasteiger partial charge in [0.05, 0.1) is 11.4 Å². The quantitative estimate of drug-likeness (QED) is 0.515. The summed E-state index contributed by atoms with van der Waals surface area (Å²) in [5, 5.41) is 0.802. The Balaban J connectivity index is 1.93. The first kappa shape index (κ1) is 15.8. The van der Waals surface area contributed by atoms with Crippen molar-refractivity contribution < 1.29 is 19.0 Å². The normalized spacial score (nSPS) is 12.6. The number of carbonyl (C=O) groups is 1. The van der Waals surface area contributed by atoms with E-state index in [9.17, 15) is 4.79 Å². The zero-order valence-electron chi connectivity index (χ0n) is 13.6. The fraction of sp³-hybridized carbons (Fsp3) is 0.211. The molecule has 6 heteroatoms. The summed E-state index contributed by atoms with van der Waals surface area (Å²) in [7, 11) is 1.84. The molecule has 0 spiro atoms. The number of carbonyl (C=O) groups excluding carboxylic acids is 1. The van der Waals surface area contributed by atoms with Crippen LogP contribution in [0, 0.1) is 0 Å². The van der Waals surface area contributed by atoms with Gasteiger partial charge < -0.3 is 18.8 Å². The predicted octanol–water partition coefficient (Wildman–Crippen LogP) is 3.76. The van der Waals surface area contributed by atoms with Gasteiger partial charge in [0, 0.05) is 24.1 Å². The second-order valence-corrected chi connectivity index (χ2v) is 6.07. The van der Waals surface area contributed by atoms with Crippen molar-refractivity contribution in [2.75, 3.05) is 19.3 Å². The van der Waals surface area contributed by atoms with Crippen LogP contribution in [0.15, 0.2) is 42.5 Å². The highest BCUT2D eigenvalue weighted by Gasteiger charge is 2.26. The first-order chi connectivity index (χ1) is 12.2. The molecule has 1 aliphatic rings. The SMILES string of the molecule is Cn1c(C(=O)c2ccccc2)c(OCCCl)c2cc3c(cc21)OCO3. The van der Waals surface area contributed by atoms with Gasteiger partial charge in [0.1, 0.15) is 12.3 Å². The fourth-order valence-corrected chi connectivity index (χ4v) is 3.14. The Morgan fingerprint density at radius 1 is 1.20 bits per heavy atom. The topological polar surface area (TPSA) is 49.7 Å². The molecule has 4 rings (SSSR count). The average Bonchev–Trinajstić information content (AvgIpc) is 3.21. The van der Waals surface area contributed by atoms with Gasteiger partial charge in [0.15, 0.2) is 17.2 Å². The zero-order valence-corrected chi connectivity index (χ0v) is 14.4. The number of alkyl halides is 1. The molecule has 0 amide bonds. The molecule has 0 fully saturated rings. The van der Waals surface area contributed by atoms with E-state index in [1.54, 1.807) is 12.1 Å². The van der Waals surface area contributed by atoms with Gasteiger partial charge in [-0.1, -0.05) is 30.3 Å². The van der Waals surface area contributed by atoms with Crippen LogP contribution in [0.4, 0.5) is 0 Å². The number of aryl methyl sites for hydroxylation is 1. The van der Waals surface area contributed by atoms with Crippen LogP contribution in [-0.4, -0.2) is 29.6 Å². The maximum Gasteiger partial charge on any atom is 0.231 e. The van der Waals surface area contributed by atoms with E-state index < -0.39 is 0 Å². The van der Waals surface area contributed by atoms with E-state index in [1.807, 2.05) is 41.9 Å². The first-order valence-corrected chi connectivity index (χ1v) is 8.44. The summed E-state index contributed by atoms with van der Waals surface area (Å²) in [6, 6.07) is 12.9. The van der Waals surface area contributed by atoms with Gasteiger partial charge in [-0.2, -0.15) is 0 Å². The maximum atomic E-state index is 13.1. The van der Waals surface area contributed by atoms with Crippen LogP contribution in [-0.2, 0) is 7.05 Å². The molecule has 3 aromatic rings. The highest BCUT2D eigenvalue weighted by Crippen LogP contribution is 2.42. The van der Waals surface area contributed by atoms with Crippen molar-refractivity contribution in [1.29, 1.82) is 0 Å². The molecule has 0 saturated heterocycles. The number of rotatable bonds is 5. The van der Waals surface area contributed by atoms with Crippen LogP contribution in [0.25, 0.3) is 10.9 Å². The Morgan fingerprint density at radius 3 is 2.64 bits per heavy atom. The number of benzene rings is 2. The summed E-state index contributed by atoms with van der Waals surface area (Å²) in [6.07, 6.45) is 0.